The summed E-state index contributed by atoms with van der Waals surface area (Å²) in [5, 5.41) is 2.68. The number of hydrogen-bond donors (Lipinski definition) is 1. The fourth-order valence-corrected chi connectivity index (χ4v) is 3.37. The second kappa shape index (κ2) is 7.52. The molecule has 2 aliphatic heterocycles. The van der Waals surface area contributed by atoms with Gasteiger partial charge in [-0.1, -0.05) is 19.1 Å². The number of carbonyl (C=O) groups is 3. The Kier molecular flexibility index (Phi) is 5.92. The highest BCUT2D eigenvalue weighted by atomic mass is 16.6. The van der Waals surface area contributed by atoms with Crippen LogP contribution in [0.3, 0.4) is 0 Å². The van der Waals surface area contributed by atoms with E-state index in [-0.39, 0.29) is 17.9 Å². The number of fused-ring (bicyclic) bond motifs is 1. The first-order chi connectivity index (χ1) is 12.3. The SMILES string of the molecule is C[C@H]1C=CC2CC[C@@H](C(=O)OC(C)(C)C)N2C(=O)[C@H]1NC(=O)OC(C)(C)C. The summed E-state index contributed by atoms with van der Waals surface area (Å²) in [7, 11) is 0. The average Bonchev–Trinajstić information content (AvgIpc) is 2.85. The van der Waals surface area contributed by atoms with E-state index in [0.29, 0.717) is 12.8 Å². The summed E-state index contributed by atoms with van der Waals surface area (Å²) in [4.78, 5) is 39.6. The molecule has 7 nitrogen and oxygen atoms in total. The molecule has 0 radical (unpaired) electrons. The molecule has 152 valence electrons. The number of nitrogens with one attached hydrogen (secondary N) is 1. The quantitative estimate of drug-likeness (QED) is 0.588. The standard InChI is InChI=1S/C20H32N2O5/c1-12-8-9-13-10-11-14(17(24)26-19(2,3)4)22(13)16(23)15(12)21-18(25)27-20(5,6)7/h8-9,12-15H,10-11H2,1-7H3,(H,21,25)/t12-,13?,14-,15-/m0/s1. The number of amides is 2. The van der Waals surface area contributed by atoms with Gasteiger partial charge in [0.1, 0.15) is 23.3 Å². The van der Waals surface area contributed by atoms with E-state index in [4.69, 9.17) is 9.47 Å². The summed E-state index contributed by atoms with van der Waals surface area (Å²) in [5.74, 6) is -0.899. The summed E-state index contributed by atoms with van der Waals surface area (Å²) in [6.07, 6.45) is 4.46. The Labute approximate surface area is 161 Å². The zero-order chi connectivity index (χ0) is 20.6. The first kappa shape index (κ1) is 21.3. The Morgan fingerprint density at radius 1 is 1.04 bits per heavy atom. The van der Waals surface area contributed by atoms with Crippen molar-refractivity contribution in [3.05, 3.63) is 12.2 Å². The molecule has 1 saturated heterocycles. The van der Waals surface area contributed by atoms with Crippen molar-refractivity contribution in [2.75, 3.05) is 0 Å². The van der Waals surface area contributed by atoms with Crippen molar-refractivity contribution >= 4 is 18.0 Å². The molecule has 2 aliphatic rings. The van der Waals surface area contributed by atoms with Crippen molar-refractivity contribution in [1.29, 1.82) is 0 Å². The number of hydrogen-bond acceptors (Lipinski definition) is 5. The van der Waals surface area contributed by atoms with Gasteiger partial charge >= 0.3 is 12.1 Å². The van der Waals surface area contributed by atoms with Crippen molar-refractivity contribution in [2.45, 2.75) is 90.6 Å². The van der Waals surface area contributed by atoms with Crippen LogP contribution in [0.15, 0.2) is 12.2 Å². The minimum Gasteiger partial charge on any atom is -0.458 e. The fourth-order valence-electron chi connectivity index (χ4n) is 3.37. The third-order valence-corrected chi connectivity index (χ3v) is 4.46. The fraction of sp³-hybridized carbons (Fsp3) is 0.750. The Balaban J connectivity index is 2.20. The van der Waals surface area contributed by atoms with Gasteiger partial charge in [0, 0.05) is 5.92 Å². The van der Waals surface area contributed by atoms with Crippen molar-refractivity contribution < 1.29 is 23.9 Å². The van der Waals surface area contributed by atoms with Gasteiger partial charge in [0.2, 0.25) is 5.91 Å². The maximum Gasteiger partial charge on any atom is 0.408 e. The summed E-state index contributed by atoms with van der Waals surface area (Å²) in [5.41, 5.74) is -1.28. The van der Waals surface area contributed by atoms with Gasteiger partial charge in [-0.15, -0.1) is 0 Å². The van der Waals surface area contributed by atoms with Crippen molar-refractivity contribution in [3.8, 4) is 0 Å². The Bertz CT molecular complexity index is 629. The maximum absolute atomic E-state index is 13.2. The van der Waals surface area contributed by atoms with Crippen LogP contribution in [-0.2, 0) is 19.1 Å². The lowest BCUT2D eigenvalue weighted by molar-refractivity contribution is -0.164. The van der Waals surface area contributed by atoms with Crippen LogP contribution in [0.5, 0.6) is 0 Å². The van der Waals surface area contributed by atoms with Crippen LogP contribution in [0, 0.1) is 5.92 Å². The molecule has 0 saturated carbocycles. The van der Waals surface area contributed by atoms with E-state index in [9.17, 15) is 14.4 Å². The maximum atomic E-state index is 13.2. The molecular formula is C20H32N2O5. The van der Waals surface area contributed by atoms with E-state index in [1.807, 2.05) is 19.1 Å². The number of alkyl carbamates (subject to hydrolysis) is 1. The Morgan fingerprint density at radius 3 is 2.19 bits per heavy atom. The van der Waals surface area contributed by atoms with Gasteiger partial charge in [-0.05, 0) is 54.4 Å². The van der Waals surface area contributed by atoms with Gasteiger partial charge in [0.05, 0.1) is 6.04 Å². The number of nitrogens with zero attached hydrogens (tertiary/aromatic N) is 1. The summed E-state index contributed by atoms with van der Waals surface area (Å²) in [6.45, 7) is 12.6. The van der Waals surface area contributed by atoms with E-state index in [2.05, 4.69) is 5.32 Å². The molecule has 7 heteroatoms. The van der Waals surface area contributed by atoms with E-state index in [0.717, 1.165) is 0 Å². The molecule has 4 atom stereocenters. The third-order valence-electron chi connectivity index (χ3n) is 4.46. The largest absolute Gasteiger partial charge is 0.458 e. The predicted octanol–water partition coefficient (Wildman–Crippen LogP) is 2.79. The lowest BCUT2D eigenvalue weighted by Crippen LogP contribution is -2.55. The summed E-state index contributed by atoms with van der Waals surface area (Å²) in [6, 6.07) is -1.59. The first-order valence-corrected chi connectivity index (χ1v) is 9.51. The molecule has 0 aromatic heterocycles. The zero-order valence-electron chi connectivity index (χ0n) is 17.4. The third kappa shape index (κ3) is 5.47. The Hall–Kier alpha value is -2.05. The minimum absolute atomic E-state index is 0.164. The lowest BCUT2D eigenvalue weighted by Gasteiger charge is -2.32. The molecular weight excluding hydrogens is 348 g/mol. The Morgan fingerprint density at radius 2 is 1.63 bits per heavy atom. The molecule has 0 bridgehead atoms. The van der Waals surface area contributed by atoms with Crippen molar-refractivity contribution in [2.24, 2.45) is 5.92 Å². The van der Waals surface area contributed by atoms with Gasteiger partial charge in [0.25, 0.3) is 0 Å². The molecule has 2 heterocycles. The second-order valence-corrected chi connectivity index (χ2v) is 9.31. The molecule has 27 heavy (non-hydrogen) atoms. The molecule has 0 spiro atoms. The van der Waals surface area contributed by atoms with E-state index in [1.165, 1.54) is 0 Å². The van der Waals surface area contributed by atoms with Gasteiger partial charge < -0.3 is 19.7 Å². The number of ether oxygens (including phenoxy) is 2. The molecule has 1 fully saturated rings. The predicted molar refractivity (Wildman–Crippen MR) is 101 cm³/mol. The molecule has 0 aliphatic carbocycles. The van der Waals surface area contributed by atoms with Crippen LogP contribution in [0.4, 0.5) is 4.79 Å². The van der Waals surface area contributed by atoms with Gasteiger partial charge in [0.15, 0.2) is 0 Å². The lowest BCUT2D eigenvalue weighted by atomic mass is 10.0. The number of rotatable bonds is 2. The highest BCUT2D eigenvalue weighted by molar-refractivity contribution is 5.91. The van der Waals surface area contributed by atoms with Crippen LogP contribution in [0.25, 0.3) is 0 Å². The van der Waals surface area contributed by atoms with E-state index >= 15 is 0 Å². The average molecular weight is 380 g/mol. The van der Waals surface area contributed by atoms with Gasteiger partial charge in [-0.2, -0.15) is 0 Å². The topological polar surface area (TPSA) is 84.9 Å². The van der Waals surface area contributed by atoms with E-state index < -0.39 is 35.3 Å². The highest BCUT2D eigenvalue weighted by Crippen LogP contribution is 2.31. The van der Waals surface area contributed by atoms with Crippen LogP contribution in [0.2, 0.25) is 0 Å². The molecule has 1 unspecified atom stereocenters. The number of carbonyl (C=O) groups excluding carboxylic acids is 3. The second-order valence-electron chi connectivity index (χ2n) is 9.31. The zero-order valence-corrected chi connectivity index (χ0v) is 17.4. The summed E-state index contributed by atoms with van der Waals surface area (Å²) < 4.78 is 10.8. The van der Waals surface area contributed by atoms with Gasteiger partial charge in [-0.25, -0.2) is 9.59 Å². The van der Waals surface area contributed by atoms with Gasteiger partial charge in [-0.3, -0.25) is 4.79 Å². The molecule has 1 N–H and O–H groups in total. The molecule has 0 aromatic rings. The van der Waals surface area contributed by atoms with Crippen LogP contribution >= 0.6 is 0 Å². The normalized spacial score (nSPS) is 28.4. The van der Waals surface area contributed by atoms with Crippen molar-refractivity contribution in [1.82, 2.24) is 10.2 Å². The van der Waals surface area contributed by atoms with Crippen LogP contribution in [0.1, 0.15) is 61.3 Å². The molecule has 0 aromatic carbocycles. The van der Waals surface area contributed by atoms with Crippen molar-refractivity contribution in [3.63, 3.8) is 0 Å². The monoisotopic (exact) mass is 380 g/mol. The molecule has 2 amide bonds. The summed E-state index contributed by atoms with van der Waals surface area (Å²) >= 11 is 0. The highest BCUT2D eigenvalue weighted by Gasteiger charge is 2.46. The molecule has 2 rings (SSSR count). The van der Waals surface area contributed by atoms with Crippen LogP contribution in [-0.4, -0.2) is 52.2 Å². The smallest absolute Gasteiger partial charge is 0.408 e. The van der Waals surface area contributed by atoms with Crippen LogP contribution < -0.4 is 5.32 Å². The first-order valence-electron chi connectivity index (χ1n) is 9.51. The minimum atomic E-state index is -0.788. The number of esters is 1. The van der Waals surface area contributed by atoms with E-state index in [1.54, 1.807) is 46.4 Å².